The Hall–Kier alpha value is -2.49. The largest absolute Gasteiger partial charge is 0.493 e. The lowest BCUT2D eigenvalue weighted by atomic mass is 10.1. The average molecular weight is 300 g/mol. The highest BCUT2D eigenvalue weighted by atomic mass is 16.5. The summed E-state index contributed by atoms with van der Waals surface area (Å²) >= 11 is 0. The number of hydrogen-bond donors (Lipinski definition) is 0. The van der Waals surface area contributed by atoms with E-state index in [0.29, 0.717) is 18.1 Å². The zero-order valence-corrected chi connectivity index (χ0v) is 13.0. The molecule has 2 aromatic rings. The minimum atomic E-state index is -0.324. The minimum Gasteiger partial charge on any atom is -0.493 e. The van der Waals surface area contributed by atoms with E-state index in [4.69, 9.17) is 14.2 Å². The Balaban J connectivity index is 2.10. The van der Waals surface area contributed by atoms with Crippen LogP contribution in [0.25, 0.3) is 0 Å². The monoisotopic (exact) mass is 300 g/mol. The summed E-state index contributed by atoms with van der Waals surface area (Å²) in [6.45, 7) is 3.68. The van der Waals surface area contributed by atoms with Crippen molar-refractivity contribution in [1.82, 2.24) is 0 Å². The van der Waals surface area contributed by atoms with Gasteiger partial charge in [-0.15, -0.1) is 0 Å². The van der Waals surface area contributed by atoms with Crippen molar-refractivity contribution < 1.29 is 19.0 Å². The van der Waals surface area contributed by atoms with E-state index in [2.05, 4.69) is 0 Å². The van der Waals surface area contributed by atoms with Gasteiger partial charge in [0.15, 0.2) is 11.5 Å². The van der Waals surface area contributed by atoms with Crippen molar-refractivity contribution in [3.63, 3.8) is 0 Å². The highest BCUT2D eigenvalue weighted by molar-refractivity contribution is 5.66. The molecular formula is C18H20O4. The first kappa shape index (κ1) is 15.9. The molecule has 0 saturated heterocycles. The number of carbonyl (C=O) groups excluding carboxylic acids is 1. The summed E-state index contributed by atoms with van der Waals surface area (Å²) in [5.74, 6) is 0.966. The summed E-state index contributed by atoms with van der Waals surface area (Å²) in [4.78, 5) is 11.0. The molecule has 2 rings (SSSR count). The number of hydrogen-bond acceptors (Lipinski definition) is 4. The van der Waals surface area contributed by atoms with Crippen molar-refractivity contribution in [2.75, 3.05) is 7.11 Å². The van der Waals surface area contributed by atoms with E-state index in [1.54, 1.807) is 7.11 Å². The van der Waals surface area contributed by atoms with Crippen LogP contribution in [0.15, 0.2) is 48.5 Å². The molecule has 0 aliphatic heterocycles. The molecular weight excluding hydrogens is 280 g/mol. The third-order valence-corrected chi connectivity index (χ3v) is 3.24. The van der Waals surface area contributed by atoms with Crippen LogP contribution in [-0.2, 0) is 16.1 Å². The normalized spacial score (nSPS) is 11.6. The number of ether oxygens (including phenoxy) is 3. The van der Waals surface area contributed by atoms with Crippen LogP contribution in [-0.4, -0.2) is 13.1 Å². The van der Waals surface area contributed by atoms with Crippen LogP contribution in [0.1, 0.15) is 31.1 Å². The van der Waals surface area contributed by atoms with Gasteiger partial charge in [0, 0.05) is 6.92 Å². The van der Waals surface area contributed by atoms with Crippen LogP contribution in [0.2, 0.25) is 0 Å². The fourth-order valence-electron chi connectivity index (χ4n) is 2.11. The topological polar surface area (TPSA) is 44.8 Å². The first-order valence-corrected chi connectivity index (χ1v) is 7.12. The molecule has 0 unspecified atom stereocenters. The highest BCUT2D eigenvalue weighted by Gasteiger charge is 2.13. The van der Waals surface area contributed by atoms with Gasteiger partial charge in [-0.2, -0.15) is 0 Å². The lowest BCUT2D eigenvalue weighted by Crippen LogP contribution is -2.05. The maximum atomic E-state index is 11.0. The van der Waals surface area contributed by atoms with Gasteiger partial charge in [0.05, 0.1) is 7.11 Å². The summed E-state index contributed by atoms with van der Waals surface area (Å²) < 4.78 is 16.3. The Bertz CT molecular complexity index is 622. The van der Waals surface area contributed by atoms with Crippen LogP contribution in [0.5, 0.6) is 11.5 Å². The predicted molar refractivity (Wildman–Crippen MR) is 83.9 cm³/mol. The Labute approximate surface area is 130 Å². The third-order valence-electron chi connectivity index (χ3n) is 3.24. The quantitative estimate of drug-likeness (QED) is 0.759. The summed E-state index contributed by atoms with van der Waals surface area (Å²) in [6, 6.07) is 15.4. The second kappa shape index (κ2) is 7.50. The number of benzene rings is 2. The van der Waals surface area contributed by atoms with E-state index in [-0.39, 0.29) is 12.1 Å². The number of esters is 1. The molecule has 116 valence electrons. The summed E-state index contributed by atoms with van der Waals surface area (Å²) in [5.41, 5.74) is 1.95. The first-order chi connectivity index (χ1) is 10.6. The maximum Gasteiger partial charge on any atom is 0.303 e. The Morgan fingerprint density at radius 2 is 1.82 bits per heavy atom. The van der Waals surface area contributed by atoms with Crippen molar-refractivity contribution >= 4 is 5.97 Å². The molecule has 0 heterocycles. The van der Waals surface area contributed by atoms with E-state index in [0.717, 1.165) is 11.1 Å². The molecule has 0 radical (unpaired) electrons. The van der Waals surface area contributed by atoms with Crippen LogP contribution < -0.4 is 9.47 Å². The first-order valence-electron chi connectivity index (χ1n) is 7.12. The van der Waals surface area contributed by atoms with E-state index >= 15 is 0 Å². The van der Waals surface area contributed by atoms with Crippen LogP contribution in [0.4, 0.5) is 0 Å². The second-order valence-electron chi connectivity index (χ2n) is 4.94. The molecule has 0 N–H and O–H groups in total. The van der Waals surface area contributed by atoms with Crippen molar-refractivity contribution in [2.45, 2.75) is 26.6 Å². The van der Waals surface area contributed by atoms with E-state index < -0.39 is 0 Å². The predicted octanol–water partition coefficient (Wildman–Crippen LogP) is 3.90. The molecule has 22 heavy (non-hydrogen) atoms. The van der Waals surface area contributed by atoms with Gasteiger partial charge in [0.1, 0.15) is 12.7 Å². The number of methoxy groups -OCH3 is 1. The Morgan fingerprint density at radius 1 is 1.09 bits per heavy atom. The molecule has 0 saturated carbocycles. The van der Waals surface area contributed by atoms with Crippen LogP contribution >= 0.6 is 0 Å². The van der Waals surface area contributed by atoms with Gasteiger partial charge in [-0.3, -0.25) is 4.79 Å². The molecule has 0 amide bonds. The van der Waals surface area contributed by atoms with Gasteiger partial charge in [0.2, 0.25) is 0 Å². The van der Waals surface area contributed by atoms with Gasteiger partial charge in [-0.05, 0) is 30.2 Å². The van der Waals surface area contributed by atoms with Crippen LogP contribution in [0.3, 0.4) is 0 Å². The summed E-state index contributed by atoms with van der Waals surface area (Å²) in [7, 11) is 1.59. The molecule has 0 fully saturated rings. The van der Waals surface area contributed by atoms with Crippen molar-refractivity contribution in [3.8, 4) is 11.5 Å². The number of carbonyl (C=O) groups is 1. The Morgan fingerprint density at radius 3 is 2.45 bits per heavy atom. The molecule has 4 heteroatoms. The Kier molecular flexibility index (Phi) is 5.42. The van der Waals surface area contributed by atoms with Gasteiger partial charge in [-0.25, -0.2) is 0 Å². The van der Waals surface area contributed by atoms with Crippen molar-refractivity contribution in [3.05, 3.63) is 59.7 Å². The SMILES string of the molecule is COc1cc([C@@H](C)OC(C)=O)ccc1OCc1ccccc1. The molecule has 0 aliphatic rings. The van der Waals surface area contributed by atoms with Gasteiger partial charge < -0.3 is 14.2 Å². The fraction of sp³-hybridized carbons (Fsp3) is 0.278. The van der Waals surface area contributed by atoms with E-state index in [1.807, 2.05) is 55.5 Å². The van der Waals surface area contributed by atoms with E-state index in [1.165, 1.54) is 6.92 Å². The summed E-state index contributed by atoms with van der Waals surface area (Å²) in [6.07, 6.45) is -0.324. The molecule has 1 atom stereocenters. The number of rotatable bonds is 6. The zero-order chi connectivity index (χ0) is 15.9. The molecule has 0 bridgehead atoms. The van der Waals surface area contributed by atoms with Gasteiger partial charge >= 0.3 is 5.97 Å². The second-order valence-corrected chi connectivity index (χ2v) is 4.94. The average Bonchev–Trinajstić information content (AvgIpc) is 2.53. The van der Waals surface area contributed by atoms with Crippen LogP contribution in [0, 0.1) is 0 Å². The third kappa shape index (κ3) is 4.25. The maximum absolute atomic E-state index is 11.0. The van der Waals surface area contributed by atoms with Gasteiger partial charge in [0.25, 0.3) is 0 Å². The molecule has 0 spiro atoms. The van der Waals surface area contributed by atoms with Gasteiger partial charge in [-0.1, -0.05) is 36.4 Å². The zero-order valence-electron chi connectivity index (χ0n) is 13.0. The van der Waals surface area contributed by atoms with E-state index in [9.17, 15) is 4.79 Å². The fourth-order valence-corrected chi connectivity index (χ4v) is 2.11. The lowest BCUT2D eigenvalue weighted by molar-refractivity contribution is -0.145. The summed E-state index contributed by atoms with van der Waals surface area (Å²) in [5, 5.41) is 0. The molecule has 2 aromatic carbocycles. The standard InChI is InChI=1S/C18H20O4/c1-13(22-14(2)19)16-9-10-17(18(11-16)20-3)21-12-15-7-5-4-6-8-15/h4-11,13H,12H2,1-3H3/t13-/m1/s1. The minimum absolute atomic E-state index is 0.309. The molecule has 4 nitrogen and oxygen atoms in total. The molecule has 0 aliphatic carbocycles. The van der Waals surface area contributed by atoms with Crippen molar-refractivity contribution in [2.24, 2.45) is 0 Å². The molecule has 0 aromatic heterocycles. The lowest BCUT2D eigenvalue weighted by Gasteiger charge is -2.16. The highest BCUT2D eigenvalue weighted by Crippen LogP contribution is 2.31. The van der Waals surface area contributed by atoms with Crippen molar-refractivity contribution in [1.29, 1.82) is 0 Å². The smallest absolute Gasteiger partial charge is 0.303 e.